The number of alkyl halides is 2. The molecule has 0 saturated heterocycles. The van der Waals surface area contributed by atoms with E-state index in [4.69, 9.17) is 38.0 Å². The molecule has 6 N–H and O–H groups in total. The summed E-state index contributed by atoms with van der Waals surface area (Å²) in [7, 11) is 0. The number of hydrogen-bond donors (Lipinski definition) is 6. The van der Waals surface area contributed by atoms with Crippen LogP contribution in [0.25, 0.3) is 21.9 Å². The number of aromatic hydroxyl groups is 6. The first-order valence-corrected chi connectivity index (χ1v) is 37.5. The molecule has 0 unspecified atom stereocenters. The number of carbonyl (C=O) groups excluding carboxylic acids is 5. The molecule has 12 aromatic rings. The number of hydrogen-bond acceptors (Lipinski definition) is 17. The summed E-state index contributed by atoms with van der Waals surface area (Å²) in [6, 6.07) is 53.0. The minimum absolute atomic E-state index is 0. The molecule has 0 aliphatic heterocycles. The molecule has 17 nitrogen and oxygen atoms in total. The molecular formula is C79H73Br4CuF7O17. The van der Waals surface area contributed by atoms with Crippen LogP contribution in [0.2, 0.25) is 0 Å². The second kappa shape index (κ2) is 46.6. The Morgan fingerprint density at radius 2 is 0.741 bits per heavy atom. The normalized spacial score (nSPS) is 9.96. The number of ether oxygens (including phenoxy) is 4. The van der Waals surface area contributed by atoms with Crippen LogP contribution < -0.4 is 18.9 Å². The third kappa shape index (κ3) is 29.7. The fraction of sp³-hybridized carbons (Fsp3) is 0.127. The zero-order valence-corrected chi connectivity index (χ0v) is 63.5. The average molecular weight is 1810 g/mol. The Kier molecular flexibility index (Phi) is 39.6. The van der Waals surface area contributed by atoms with Crippen LogP contribution in [-0.2, 0) is 47.9 Å². The molecule has 29 heteroatoms. The number of halogens is 11. The Morgan fingerprint density at radius 1 is 0.417 bits per heavy atom. The van der Waals surface area contributed by atoms with Crippen LogP contribution in [0.3, 0.4) is 0 Å². The van der Waals surface area contributed by atoms with Gasteiger partial charge in [-0.15, -0.1) is 0 Å². The first-order valence-electron chi connectivity index (χ1n) is 30.6. The summed E-state index contributed by atoms with van der Waals surface area (Å²) in [6.07, 6.45) is 1.29. The first-order chi connectivity index (χ1) is 50.2. The molecule has 0 aliphatic rings. The van der Waals surface area contributed by atoms with Gasteiger partial charge in [0, 0.05) is 15.1 Å². The zero-order valence-electron chi connectivity index (χ0n) is 56.2. The Labute approximate surface area is 655 Å². The van der Waals surface area contributed by atoms with E-state index in [-0.39, 0.29) is 153 Å². The van der Waals surface area contributed by atoms with Gasteiger partial charge in [-0.1, -0.05) is 100.0 Å². The number of furan rings is 2. The van der Waals surface area contributed by atoms with E-state index in [2.05, 4.69) is 60.1 Å². The number of phenolic OH excluding ortho intramolecular Hbond substituents is 4. The van der Waals surface area contributed by atoms with E-state index in [0.717, 1.165) is 40.1 Å². The van der Waals surface area contributed by atoms with Gasteiger partial charge in [0.25, 0.3) is 5.78 Å². The van der Waals surface area contributed by atoms with Gasteiger partial charge in [0.05, 0.1) is 32.8 Å². The van der Waals surface area contributed by atoms with Crippen LogP contribution in [0.15, 0.2) is 227 Å². The predicted octanol–water partition coefficient (Wildman–Crippen LogP) is 21.6. The summed E-state index contributed by atoms with van der Waals surface area (Å²) in [4.78, 5) is 56.5. The predicted molar refractivity (Wildman–Crippen MR) is 411 cm³/mol. The molecule has 10 aromatic carbocycles. The van der Waals surface area contributed by atoms with Crippen molar-refractivity contribution in [2.45, 2.75) is 60.0 Å². The van der Waals surface area contributed by atoms with Crippen LogP contribution in [0.4, 0.5) is 31.4 Å². The van der Waals surface area contributed by atoms with Crippen molar-refractivity contribution in [1.82, 2.24) is 0 Å². The van der Waals surface area contributed by atoms with Crippen molar-refractivity contribution in [1.29, 1.82) is 0 Å². The third-order valence-corrected chi connectivity index (χ3v) is 15.3. The second-order valence-electron chi connectivity index (χ2n) is 21.8. The molecule has 108 heavy (non-hydrogen) atoms. The van der Waals surface area contributed by atoms with Crippen molar-refractivity contribution in [2.75, 3.05) is 5.33 Å². The van der Waals surface area contributed by atoms with Crippen molar-refractivity contribution in [3.8, 4) is 57.5 Å². The molecule has 2 heterocycles. The van der Waals surface area contributed by atoms with Gasteiger partial charge in [0.1, 0.15) is 119 Å². The molecule has 0 bridgehead atoms. The van der Waals surface area contributed by atoms with Crippen molar-refractivity contribution in [3.63, 3.8) is 0 Å². The Bertz CT molecular complexity index is 4880. The molecule has 0 radical (unpaired) electrons. The molecule has 0 atom stereocenters. The maximum atomic E-state index is 12.9. The van der Waals surface area contributed by atoms with Gasteiger partial charge in [-0.3, -0.25) is 33.4 Å². The van der Waals surface area contributed by atoms with E-state index in [1.165, 1.54) is 147 Å². The van der Waals surface area contributed by atoms with E-state index in [1.807, 2.05) is 0 Å². The standard InChI is InChI=1S/C18H13FO5.C15H12BrFO3.C15H11FO3.C15H13FO3.C8H8O3.C7H6BrF.CH4.2BrH.Cu.2FH.2H2/c1-10(20)16(21)18-17(22)14-8-13(6-7-15(14)24-18)23-9-11-2-4-12(19)5-3-11;16-8-15(19)13-7-12(5-6-14(13)18)20-9-10-1-3-11(17)4-2-10;16-11-3-1-10(2-4-11)8-18-12-5-6-15-13(7-12)14(17)9-19-15;1-10(17)14-8-13(6-7-15(14)18)19-9-11-2-4-12(16)5-3-11;1-5(9)7-4-6(10)2-3-8(7)11;8-5-6-1-3-7(9)4-2-6;;;;;;;;/h2-8,22H,9H2,1H3;1-7,18H,8-9H2;1-7,9,17H,8H2;2-8,18H,9H2,1H3;2-4,10-11H,1H3;1-4H,5H2;1H4;2*1H;;4*1H/q;;;;;;;;;+2;;;;/p-2/i;;;;;;;;;;;;2*1+2. The summed E-state index contributed by atoms with van der Waals surface area (Å²) >= 11 is 13.7. The van der Waals surface area contributed by atoms with E-state index in [0.29, 0.717) is 40.6 Å². The molecule has 579 valence electrons. The van der Waals surface area contributed by atoms with Gasteiger partial charge in [0.15, 0.2) is 28.8 Å². The third-order valence-electron chi connectivity index (χ3n) is 14.1. The number of carbonyl (C=O) groups is 5. The number of rotatable bonds is 19. The van der Waals surface area contributed by atoms with Crippen molar-refractivity contribution in [2.24, 2.45) is 0 Å². The van der Waals surface area contributed by atoms with Gasteiger partial charge in [-0.25, -0.2) is 22.0 Å². The maximum absolute atomic E-state index is 12.9. The van der Waals surface area contributed by atoms with Crippen LogP contribution in [-0.4, -0.2) is 64.9 Å². The summed E-state index contributed by atoms with van der Waals surface area (Å²) < 4.78 is 95.9. The van der Waals surface area contributed by atoms with Gasteiger partial charge in [-0.2, -0.15) is 0 Å². The van der Waals surface area contributed by atoms with Gasteiger partial charge >= 0.3 is 39.6 Å². The molecule has 0 amide bonds. The zero-order chi connectivity index (χ0) is 76.7. The molecule has 12 rings (SSSR count). The van der Waals surface area contributed by atoms with Crippen LogP contribution in [0.1, 0.15) is 100 Å². The molecule has 0 aliphatic carbocycles. The van der Waals surface area contributed by atoms with E-state index in [1.54, 1.807) is 97.1 Å². The first kappa shape index (κ1) is 91.8. The van der Waals surface area contributed by atoms with Crippen LogP contribution >= 0.6 is 60.1 Å². The summed E-state index contributed by atoms with van der Waals surface area (Å²) in [5.74, 6) is -2.67. The van der Waals surface area contributed by atoms with Crippen LogP contribution in [0.5, 0.6) is 57.5 Å². The SMILES string of the molecule is C.CC(=O)C(=O)c1oc2ccc(OCc3ccc(F)cc3)cc2c1O.CC(=O)c1cc(O)ccc1O.CC(=O)c1cc(OCc2ccc(F)cc2)ccc1O.F.F.Fc1ccc(CBr)cc1.O=C(CBr)c1cc(OCc2ccc(F)cc2)ccc1O.Oc1coc2ccc(OCc3ccc(F)cc3)cc12.[3HH].[3HH].[Br][Cu][Br]. The molecule has 2 aromatic heterocycles. The fourth-order valence-electron chi connectivity index (χ4n) is 8.71. The number of phenols is 4. The Hall–Kier alpha value is -10.4. The van der Waals surface area contributed by atoms with Gasteiger partial charge < -0.3 is 58.4 Å². The van der Waals surface area contributed by atoms with E-state index >= 15 is 0 Å². The van der Waals surface area contributed by atoms with E-state index < -0.39 is 17.3 Å². The van der Waals surface area contributed by atoms with Crippen LogP contribution in [0, 0.1) is 29.1 Å². The molecule has 0 fully saturated rings. The van der Waals surface area contributed by atoms with Gasteiger partial charge in [0.2, 0.25) is 11.5 Å². The average Bonchev–Trinajstić information content (AvgIpc) is 1.64. The number of Topliss-reactive ketones (excluding diaryl/α,β-unsaturated/α-hetero) is 5. The van der Waals surface area contributed by atoms with Gasteiger partial charge in [-0.05, 0) is 193 Å². The molecule has 0 spiro atoms. The fourth-order valence-corrected chi connectivity index (χ4v) is 9.38. The Morgan fingerprint density at radius 3 is 1.10 bits per heavy atom. The van der Waals surface area contributed by atoms with Crippen molar-refractivity contribution in [3.05, 3.63) is 298 Å². The molecule has 0 saturated carbocycles. The topological polar surface area (TPSA) is 270 Å². The quantitative estimate of drug-likeness (QED) is 0.0110. The molecular weight excluding hydrogens is 1740 g/mol. The van der Waals surface area contributed by atoms with E-state index in [9.17, 15) is 66.4 Å². The van der Waals surface area contributed by atoms with Crippen molar-refractivity contribution >= 4 is 111 Å². The second-order valence-corrected chi connectivity index (χ2v) is 27.7. The number of benzene rings is 10. The minimum atomic E-state index is -0.891. The Balaban J connectivity index is 0.000000663. The summed E-state index contributed by atoms with van der Waals surface area (Å²) in [5.41, 5.74) is 5.82. The summed E-state index contributed by atoms with van der Waals surface area (Å²) in [5, 5.41) is 58.6. The van der Waals surface area contributed by atoms with Crippen molar-refractivity contribution < 1.29 is 128 Å². The number of ketones is 5. The monoisotopic (exact) mass is 1810 g/mol. The number of fused-ring (bicyclic) bond motifs is 2. The summed E-state index contributed by atoms with van der Waals surface area (Å²) in [6.45, 7) is 4.88.